The van der Waals surface area contributed by atoms with Crippen molar-refractivity contribution in [1.82, 2.24) is 29.6 Å². The first-order valence-corrected chi connectivity index (χ1v) is 27.6. The van der Waals surface area contributed by atoms with E-state index in [0.717, 1.165) is 121 Å². The number of carbonyl (C=O) groups is 2. The number of rotatable bonds is 14. The number of amides is 2. The Balaban J connectivity index is 0.000000184. The average molecular weight is 1070 g/mol. The number of aromatic nitrogens is 2. The fourth-order valence-corrected chi connectivity index (χ4v) is 12.4. The molecular formula is C60H69Cl2F3N6O4. The second-order valence-corrected chi connectivity index (χ2v) is 21.8. The van der Waals surface area contributed by atoms with Crippen LogP contribution in [0.5, 0.6) is 0 Å². The van der Waals surface area contributed by atoms with Gasteiger partial charge in [0.2, 0.25) is 11.8 Å². The predicted octanol–water partition coefficient (Wildman–Crippen LogP) is 11.8. The van der Waals surface area contributed by atoms with Crippen LogP contribution in [0.3, 0.4) is 0 Å². The monoisotopic (exact) mass is 1060 g/mol. The fraction of sp³-hybridized carbons (Fsp3) is 0.433. The van der Waals surface area contributed by atoms with Crippen molar-refractivity contribution in [1.29, 1.82) is 0 Å². The van der Waals surface area contributed by atoms with E-state index in [1.165, 1.54) is 45.1 Å². The van der Waals surface area contributed by atoms with E-state index >= 15 is 0 Å². The standard InChI is InChI=1S/C30H35Cl2N3O2.C30H34F3N3O2/c31-27-7-5-21(18-28(27)32)6-8-30(37)35-13-9-22(10-14-35)17-24(20-36)34-15-11-23(12-16-34)26-19-33-29-4-2-1-3-25(26)29;31-26-16-21(17-27(32)30(26)33)5-6-29(38)36-11-7-20(8-12-36)15-23(19-37)35-13-9-22(10-14-35)25-18-34-28-4-2-1-3-24(25)28/h1-8,18-19,22-24,33,36H,9-17,20H2;1-6,16-18,20,22-23,34,37H,7-15,19H2/b8-6+;6-5+. The number of H-pyrrole nitrogens is 2. The number of nitrogens with zero attached hydrogens (tertiary/aromatic N) is 4. The summed E-state index contributed by atoms with van der Waals surface area (Å²) in [4.78, 5) is 40.6. The number of carbonyl (C=O) groups excluding carboxylic acids is 2. The predicted molar refractivity (Wildman–Crippen MR) is 294 cm³/mol. The number of halogens is 5. The second kappa shape index (κ2) is 25.6. The largest absolute Gasteiger partial charge is 0.395 e. The van der Waals surface area contributed by atoms with Crippen LogP contribution in [0.15, 0.2) is 103 Å². The molecule has 2 atom stereocenters. The molecule has 0 bridgehead atoms. The fourth-order valence-electron chi connectivity index (χ4n) is 12.1. The number of nitrogens with one attached hydrogen (secondary N) is 2. The molecule has 2 unspecified atom stereocenters. The highest BCUT2D eigenvalue weighted by atomic mass is 35.5. The lowest BCUT2D eigenvalue weighted by Gasteiger charge is -2.39. The quantitative estimate of drug-likeness (QED) is 0.0637. The Morgan fingerprint density at radius 2 is 0.987 bits per heavy atom. The van der Waals surface area contributed by atoms with Crippen molar-refractivity contribution in [3.63, 3.8) is 0 Å². The molecule has 0 spiro atoms. The molecule has 4 aliphatic rings. The maximum absolute atomic E-state index is 13.4. The minimum Gasteiger partial charge on any atom is -0.395 e. The van der Waals surface area contributed by atoms with E-state index in [0.29, 0.717) is 46.8 Å². The van der Waals surface area contributed by atoms with Crippen LogP contribution in [0.25, 0.3) is 34.0 Å². The SMILES string of the molecule is O=C(/C=C/c1cc(F)c(F)c(F)c1)N1CCC(CC(CO)N2CCC(c3c[nH]c4ccccc34)CC2)CC1.O=C(/C=C/c1ccc(Cl)c(Cl)c1)N1CCC(CC(CO)N2CCC(c3c[nH]c4ccccc34)CC2)CC1. The summed E-state index contributed by atoms with van der Waals surface area (Å²) in [6, 6.07) is 24.4. The van der Waals surface area contributed by atoms with Gasteiger partial charge in [0.25, 0.3) is 0 Å². The van der Waals surface area contributed by atoms with Crippen molar-refractivity contribution < 1.29 is 33.0 Å². The molecule has 6 heterocycles. The number of piperidine rings is 4. The summed E-state index contributed by atoms with van der Waals surface area (Å²) in [6.45, 7) is 7.00. The Hall–Kier alpha value is -5.41. The number of aromatic amines is 2. The Labute approximate surface area is 448 Å². The van der Waals surface area contributed by atoms with Crippen LogP contribution in [-0.2, 0) is 9.59 Å². The first-order chi connectivity index (χ1) is 36.4. The Kier molecular flexibility index (Phi) is 18.6. The van der Waals surface area contributed by atoms with Crippen LogP contribution < -0.4 is 0 Å². The third-order valence-electron chi connectivity index (χ3n) is 16.5. The third-order valence-corrected chi connectivity index (χ3v) is 17.2. The minimum atomic E-state index is -1.52. The van der Waals surface area contributed by atoms with Crippen molar-refractivity contribution in [2.75, 3.05) is 65.6 Å². The molecule has 75 heavy (non-hydrogen) atoms. The van der Waals surface area contributed by atoms with Gasteiger partial charge >= 0.3 is 0 Å². The number of aliphatic hydroxyl groups is 2. The highest BCUT2D eigenvalue weighted by Gasteiger charge is 2.32. The molecule has 0 aliphatic carbocycles. The second-order valence-electron chi connectivity index (χ2n) is 21.0. The van der Waals surface area contributed by atoms with Crippen molar-refractivity contribution in [2.24, 2.45) is 11.8 Å². The first kappa shape index (κ1) is 54.4. The van der Waals surface area contributed by atoms with E-state index in [2.05, 4.69) is 74.6 Å². The molecule has 15 heteroatoms. The molecule has 2 aromatic heterocycles. The zero-order chi connectivity index (χ0) is 52.4. The first-order valence-electron chi connectivity index (χ1n) is 26.8. The summed E-state index contributed by atoms with van der Waals surface area (Å²) in [6.07, 6.45) is 20.3. The van der Waals surface area contributed by atoms with E-state index in [4.69, 9.17) is 23.2 Å². The van der Waals surface area contributed by atoms with Crippen molar-refractivity contribution in [2.45, 2.75) is 88.1 Å². The number of fused-ring (bicyclic) bond motifs is 2. The van der Waals surface area contributed by atoms with Crippen LogP contribution in [0, 0.1) is 29.3 Å². The summed E-state index contributed by atoms with van der Waals surface area (Å²) >= 11 is 12.0. The van der Waals surface area contributed by atoms with Crippen LogP contribution in [0.2, 0.25) is 10.0 Å². The third kappa shape index (κ3) is 13.6. The maximum Gasteiger partial charge on any atom is 0.246 e. The van der Waals surface area contributed by atoms with E-state index in [-0.39, 0.29) is 42.7 Å². The molecule has 10 rings (SSSR count). The molecule has 4 fully saturated rings. The van der Waals surface area contributed by atoms with E-state index in [1.807, 2.05) is 17.0 Å². The molecule has 6 aromatic rings. The Morgan fingerprint density at radius 3 is 1.41 bits per heavy atom. The number of para-hydroxylation sites is 2. The van der Waals surface area contributed by atoms with E-state index in [1.54, 1.807) is 29.2 Å². The highest BCUT2D eigenvalue weighted by molar-refractivity contribution is 6.42. The van der Waals surface area contributed by atoms with Gasteiger partial charge in [-0.15, -0.1) is 0 Å². The van der Waals surface area contributed by atoms with Crippen LogP contribution in [0.4, 0.5) is 13.2 Å². The molecule has 10 nitrogen and oxygen atoms in total. The van der Waals surface area contributed by atoms with Gasteiger partial charge in [0.15, 0.2) is 17.5 Å². The smallest absolute Gasteiger partial charge is 0.246 e. The minimum absolute atomic E-state index is 0.0302. The van der Waals surface area contributed by atoms with Crippen molar-refractivity contribution >= 4 is 69.0 Å². The zero-order valence-electron chi connectivity index (χ0n) is 42.5. The molecule has 398 valence electrons. The van der Waals surface area contributed by atoms with Crippen LogP contribution in [-0.4, -0.2) is 129 Å². The molecule has 4 aliphatic heterocycles. The topological polar surface area (TPSA) is 119 Å². The summed E-state index contributed by atoms with van der Waals surface area (Å²) in [5.41, 5.74) is 6.17. The van der Waals surface area contributed by atoms with Crippen LogP contribution >= 0.6 is 23.2 Å². The summed E-state index contributed by atoms with van der Waals surface area (Å²) < 4.78 is 39.9. The zero-order valence-corrected chi connectivity index (χ0v) is 44.0. The van der Waals surface area contributed by atoms with Gasteiger partial charge in [0.1, 0.15) is 0 Å². The van der Waals surface area contributed by atoms with Gasteiger partial charge in [-0.3, -0.25) is 19.4 Å². The number of benzene rings is 4. The van der Waals surface area contributed by atoms with E-state index < -0.39 is 17.5 Å². The van der Waals surface area contributed by atoms with Gasteiger partial charge in [-0.05, 0) is 185 Å². The van der Waals surface area contributed by atoms with Gasteiger partial charge in [-0.1, -0.05) is 65.7 Å². The number of hydrogen-bond donors (Lipinski definition) is 4. The number of aliphatic hydroxyl groups excluding tert-OH is 2. The normalized spacial score (nSPS) is 19.1. The van der Waals surface area contributed by atoms with E-state index in [9.17, 15) is 33.0 Å². The summed E-state index contributed by atoms with van der Waals surface area (Å²) in [7, 11) is 0. The average Bonchev–Trinajstić information content (AvgIpc) is 4.09. The maximum atomic E-state index is 13.4. The molecule has 4 saturated heterocycles. The summed E-state index contributed by atoms with van der Waals surface area (Å²) in [5, 5.41) is 24.0. The van der Waals surface area contributed by atoms with Gasteiger partial charge in [-0.2, -0.15) is 0 Å². The lowest BCUT2D eigenvalue weighted by molar-refractivity contribution is -0.128. The van der Waals surface area contributed by atoms with Gasteiger partial charge in [-0.25, -0.2) is 13.2 Å². The number of likely N-dealkylation sites (tertiary alicyclic amines) is 4. The molecule has 2 amide bonds. The lowest BCUT2D eigenvalue weighted by Crippen LogP contribution is -2.45. The van der Waals surface area contributed by atoms with Crippen molar-refractivity contribution in [3.05, 3.63) is 153 Å². The molecule has 0 saturated carbocycles. The van der Waals surface area contributed by atoms with Gasteiger partial charge in [0, 0.05) is 84.6 Å². The molecular weight excluding hydrogens is 997 g/mol. The number of hydrogen-bond acceptors (Lipinski definition) is 6. The van der Waals surface area contributed by atoms with Gasteiger partial charge < -0.3 is 30.0 Å². The lowest BCUT2D eigenvalue weighted by atomic mass is 9.86. The molecule has 4 N–H and O–H groups in total. The summed E-state index contributed by atoms with van der Waals surface area (Å²) in [5.74, 6) is -2.23. The Morgan fingerprint density at radius 1 is 0.560 bits per heavy atom. The molecule has 4 aromatic carbocycles. The Bertz CT molecular complexity index is 2910. The molecule has 0 radical (unpaired) electrons. The van der Waals surface area contributed by atoms with Crippen molar-refractivity contribution in [3.8, 4) is 0 Å². The van der Waals surface area contributed by atoms with Crippen LogP contribution in [0.1, 0.15) is 98.3 Å². The van der Waals surface area contributed by atoms with Gasteiger partial charge in [0.05, 0.1) is 23.3 Å². The highest BCUT2D eigenvalue weighted by Crippen LogP contribution is 2.37.